The molecular weight excluding hydrogens is 376 g/mol. The van der Waals surface area contributed by atoms with E-state index in [1.54, 1.807) is 7.11 Å². The van der Waals surface area contributed by atoms with E-state index in [-0.39, 0.29) is 18.6 Å². The highest BCUT2D eigenvalue weighted by atomic mass is 35.5. The van der Waals surface area contributed by atoms with E-state index in [9.17, 15) is 4.79 Å². The van der Waals surface area contributed by atoms with Gasteiger partial charge in [-0.1, -0.05) is 36.9 Å². The van der Waals surface area contributed by atoms with E-state index in [2.05, 4.69) is 10.6 Å². The lowest BCUT2D eigenvalue weighted by atomic mass is 9.95. The van der Waals surface area contributed by atoms with Gasteiger partial charge in [0.25, 0.3) is 5.91 Å². The summed E-state index contributed by atoms with van der Waals surface area (Å²) < 4.78 is 11.1. The Labute approximate surface area is 171 Å². The molecule has 5 nitrogen and oxygen atoms in total. The third kappa shape index (κ3) is 6.06. The number of ether oxygens (including phenoxy) is 2. The van der Waals surface area contributed by atoms with Gasteiger partial charge in [-0.2, -0.15) is 0 Å². The van der Waals surface area contributed by atoms with E-state index >= 15 is 0 Å². The van der Waals surface area contributed by atoms with Gasteiger partial charge >= 0.3 is 0 Å². The van der Waals surface area contributed by atoms with Crippen LogP contribution in [-0.2, 0) is 11.3 Å². The molecule has 28 heavy (non-hydrogen) atoms. The quantitative estimate of drug-likeness (QED) is 0.666. The molecule has 0 atom stereocenters. The van der Waals surface area contributed by atoms with Crippen LogP contribution in [0.2, 0.25) is 5.02 Å². The van der Waals surface area contributed by atoms with Crippen molar-refractivity contribution in [1.82, 2.24) is 5.32 Å². The van der Waals surface area contributed by atoms with Gasteiger partial charge in [0.15, 0.2) is 18.1 Å². The molecule has 1 fully saturated rings. The van der Waals surface area contributed by atoms with Gasteiger partial charge in [0.1, 0.15) is 0 Å². The molecule has 0 spiro atoms. The molecule has 1 aliphatic rings. The van der Waals surface area contributed by atoms with E-state index in [1.165, 1.54) is 19.3 Å². The molecule has 3 rings (SSSR count). The molecule has 0 radical (unpaired) electrons. The number of amides is 1. The van der Waals surface area contributed by atoms with E-state index < -0.39 is 0 Å². The first-order valence-corrected chi connectivity index (χ1v) is 10.1. The third-order valence-electron chi connectivity index (χ3n) is 4.90. The van der Waals surface area contributed by atoms with Crippen molar-refractivity contribution >= 4 is 23.2 Å². The predicted octanol–water partition coefficient (Wildman–Crippen LogP) is 4.79. The number of hydrogen-bond donors (Lipinski definition) is 2. The van der Waals surface area contributed by atoms with Crippen molar-refractivity contribution in [3.05, 3.63) is 53.1 Å². The zero-order valence-corrected chi connectivity index (χ0v) is 16.9. The second-order valence-electron chi connectivity index (χ2n) is 7.04. The number of rotatable bonds is 8. The highest BCUT2D eigenvalue weighted by Crippen LogP contribution is 2.28. The van der Waals surface area contributed by atoms with Crippen molar-refractivity contribution in [1.29, 1.82) is 0 Å². The topological polar surface area (TPSA) is 59.6 Å². The Morgan fingerprint density at radius 2 is 1.82 bits per heavy atom. The minimum Gasteiger partial charge on any atom is -0.493 e. The summed E-state index contributed by atoms with van der Waals surface area (Å²) >= 11 is 5.91. The van der Waals surface area contributed by atoms with Crippen LogP contribution < -0.4 is 20.1 Å². The predicted molar refractivity (Wildman–Crippen MR) is 112 cm³/mol. The number of nitrogens with one attached hydrogen (secondary N) is 2. The van der Waals surface area contributed by atoms with E-state index in [1.807, 2.05) is 42.5 Å². The van der Waals surface area contributed by atoms with Crippen LogP contribution >= 0.6 is 11.6 Å². The number of benzene rings is 2. The molecule has 6 heteroatoms. The molecule has 0 heterocycles. The fourth-order valence-electron chi connectivity index (χ4n) is 3.37. The number of hydrogen-bond acceptors (Lipinski definition) is 4. The summed E-state index contributed by atoms with van der Waals surface area (Å²) in [5.74, 6) is 1.10. The van der Waals surface area contributed by atoms with Gasteiger partial charge in [-0.15, -0.1) is 0 Å². The van der Waals surface area contributed by atoms with E-state index in [0.717, 1.165) is 24.1 Å². The maximum absolute atomic E-state index is 12.1. The summed E-state index contributed by atoms with van der Waals surface area (Å²) in [6, 6.07) is 13.6. The summed E-state index contributed by atoms with van der Waals surface area (Å²) in [4.78, 5) is 12.1. The van der Waals surface area contributed by atoms with Gasteiger partial charge in [-0.25, -0.2) is 0 Å². The first-order chi connectivity index (χ1) is 13.6. The van der Waals surface area contributed by atoms with Gasteiger partial charge in [0.2, 0.25) is 0 Å². The number of anilines is 1. The lowest BCUT2D eigenvalue weighted by Crippen LogP contribution is -2.39. The normalized spacial score (nSPS) is 14.4. The molecule has 0 bridgehead atoms. The monoisotopic (exact) mass is 402 g/mol. The molecule has 2 N–H and O–H groups in total. The average molecular weight is 403 g/mol. The minimum absolute atomic E-state index is 0.00473. The second-order valence-corrected chi connectivity index (χ2v) is 7.47. The second kappa shape index (κ2) is 10.2. The van der Waals surface area contributed by atoms with E-state index in [0.29, 0.717) is 23.1 Å². The first-order valence-electron chi connectivity index (χ1n) is 9.72. The van der Waals surface area contributed by atoms with Crippen molar-refractivity contribution in [2.45, 2.75) is 44.7 Å². The number of carbonyl (C=O) groups is 1. The molecule has 0 unspecified atom stereocenters. The standard InChI is InChI=1S/C22H27ClN2O3/c1-27-21-13-16(14-24-18-10-8-17(23)9-11-18)7-12-20(21)28-15-22(26)25-19-5-3-2-4-6-19/h7-13,19,24H,2-6,14-15H2,1H3,(H,25,26). The maximum Gasteiger partial charge on any atom is 0.258 e. The molecule has 150 valence electrons. The van der Waals surface area contributed by atoms with Crippen LogP contribution in [0.4, 0.5) is 5.69 Å². The van der Waals surface area contributed by atoms with Crippen molar-refractivity contribution in [2.24, 2.45) is 0 Å². The van der Waals surface area contributed by atoms with Crippen molar-refractivity contribution in [3.63, 3.8) is 0 Å². The summed E-state index contributed by atoms with van der Waals surface area (Å²) in [7, 11) is 1.60. The van der Waals surface area contributed by atoms with Crippen LogP contribution in [0.15, 0.2) is 42.5 Å². The Kier molecular flexibility index (Phi) is 7.43. The largest absolute Gasteiger partial charge is 0.493 e. The molecule has 2 aromatic carbocycles. The summed E-state index contributed by atoms with van der Waals surface area (Å²) in [5, 5.41) is 7.10. The summed E-state index contributed by atoms with van der Waals surface area (Å²) in [6.45, 7) is 0.635. The SMILES string of the molecule is COc1cc(CNc2ccc(Cl)cc2)ccc1OCC(=O)NC1CCCCC1. The number of methoxy groups -OCH3 is 1. The van der Waals surface area contributed by atoms with Crippen LogP contribution in [0.1, 0.15) is 37.7 Å². The van der Waals surface area contributed by atoms with Crippen molar-refractivity contribution in [2.75, 3.05) is 19.0 Å². The van der Waals surface area contributed by atoms with Crippen molar-refractivity contribution in [3.8, 4) is 11.5 Å². The summed E-state index contributed by atoms with van der Waals surface area (Å²) in [5.41, 5.74) is 2.04. The smallest absolute Gasteiger partial charge is 0.258 e. The Morgan fingerprint density at radius 3 is 2.54 bits per heavy atom. The molecule has 1 saturated carbocycles. The van der Waals surface area contributed by atoms with Crippen molar-refractivity contribution < 1.29 is 14.3 Å². The van der Waals surface area contributed by atoms with Crippen LogP contribution in [0.3, 0.4) is 0 Å². The zero-order chi connectivity index (χ0) is 19.8. The van der Waals surface area contributed by atoms with Gasteiger partial charge in [0, 0.05) is 23.3 Å². The Hall–Kier alpha value is -2.40. The molecule has 1 aliphatic carbocycles. The zero-order valence-electron chi connectivity index (χ0n) is 16.2. The Morgan fingerprint density at radius 1 is 1.07 bits per heavy atom. The Balaban J connectivity index is 1.52. The fourth-order valence-corrected chi connectivity index (χ4v) is 3.50. The van der Waals surface area contributed by atoms with E-state index in [4.69, 9.17) is 21.1 Å². The molecular formula is C22H27ClN2O3. The first kappa shape index (κ1) is 20.3. The highest BCUT2D eigenvalue weighted by Gasteiger charge is 2.16. The third-order valence-corrected chi connectivity index (χ3v) is 5.15. The Bertz CT molecular complexity index is 774. The fraction of sp³-hybridized carbons (Fsp3) is 0.409. The van der Waals surface area contributed by atoms with Gasteiger partial charge in [-0.3, -0.25) is 4.79 Å². The number of carbonyl (C=O) groups excluding carboxylic acids is 1. The molecule has 0 saturated heterocycles. The van der Waals surface area contributed by atoms with Crippen LogP contribution in [0.25, 0.3) is 0 Å². The van der Waals surface area contributed by atoms with Crippen LogP contribution in [0.5, 0.6) is 11.5 Å². The summed E-state index contributed by atoms with van der Waals surface area (Å²) in [6.07, 6.45) is 5.75. The molecule has 2 aromatic rings. The number of halogens is 1. The van der Waals surface area contributed by atoms with Gasteiger partial charge in [-0.05, 0) is 54.8 Å². The van der Waals surface area contributed by atoms with Gasteiger partial charge in [0.05, 0.1) is 7.11 Å². The minimum atomic E-state index is -0.0811. The molecule has 0 aliphatic heterocycles. The van der Waals surface area contributed by atoms with Crippen LogP contribution in [-0.4, -0.2) is 25.7 Å². The lowest BCUT2D eigenvalue weighted by Gasteiger charge is -2.22. The molecule has 0 aromatic heterocycles. The molecule has 1 amide bonds. The maximum atomic E-state index is 12.1. The average Bonchev–Trinajstić information content (AvgIpc) is 2.73. The highest BCUT2D eigenvalue weighted by molar-refractivity contribution is 6.30. The van der Waals surface area contributed by atoms with Crippen LogP contribution in [0, 0.1) is 0 Å². The lowest BCUT2D eigenvalue weighted by molar-refractivity contribution is -0.124. The van der Waals surface area contributed by atoms with Gasteiger partial charge < -0.3 is 20.1 Å².